The van der Waals surface area contributed by atoms with Crippen molar-refractivity contribution < 1.29 is 24.2 Å². The van der Waals surface area contributed by atoms with Crippen molar-refractivity contribution in [1.82, 2.24) is 0 Å². The van der Waals surface area contributed by atoms with E-state index in [-0.39, 0.29) is 6.61 Å². The highest BCUT2D eigenvalue weighted by atomic mass is 16.6. The predicted octanol–water partition coefficient (Wildman–Crippen LogP) is 2.28. The summed E-state index contributed by atoms with van der Waals surface area (Å²) >= 11 is 0. The van der Waals surface area contributed by atoms with Gasteiger partial charge in [0, 0.05) is 7.11 Å². The normalized spacial score (nSPS) is 13.6. The Bertz CT molecular complexity index is 452. The van der Waals surface area contributed by atoms with Crippen molar-refractivity contribution in [3.8, 4) is 0 Å². The number of aliphatic carboxylic acids is 1. The van der Waals surface area contributed by atoms with Crippen LogP contribution in [0.1, 0.15) is 29.3 Å². The van der Waals surface area contributed by atoms with Gasteiger partial charge in [0.15, 0.2) is 0 Å². The Kier molecular flexibility index (Phi) is 6.18. The molecule has 0 aliphatic carbocycles. The van der Waals surface area contributed by atoms with Crippen LogP contribution in [0, 0.1) is 12.8 Å². The van der Waals surface area contributed by atoms with Crippen LogP contribution in [-0.4, -0.2) is 36.9 Å². The van der Waals surface area contributed by atoms with Crippen molar-refractivity contribution in [2.24, 2.45) is 5.92 Å². The first kappa shape index (κ1) is 16.2. The molecule has 5 heteroatoms. The Labute approximate surface area is 118 Å². The van der Waals surface area contributed by atoms with Crippen LogP contribution in [0.3, 0.4) is 0 Å². The first-order valence-electron chi connectivity index (χ1n) is 6.43. The Morgan fingerprint density at radius 2 is 1.85 bits per heavy atom. The van der Waals surface area contributed by atoms with Gasteiger partial charge in [-0.2, -0.15) is 0 Å². The minimum Gasteiger partial charge on any atom is -0.481 e. The fraction of sp³-hybridized carbons (Fsp3) is 0.467. The van der Waals surface area contributed by atoms with E-state index < -0.39 is 24.0 Å². The predicted molar refractivity (Wildman–Crippen MR) is 73.7 cm³/mol. The topological polar surface area (TPSA) is 72.8 Å². The van der Waals surface area contributed by atoms with Crippen molar-refractivity contribution in [3.63, 3.8) is 0 Å². The summed E-state index contributed by atoms with van der Waals surface area (Å²) in [6.45, 7) is 3.57. The van der Waals surface area contributed by atoms with Crippen molar-refractivity contribution >= 4 is 11.9 Å². The second-order valence-corrected chi connectivity index (χ2v) is 4.80. The molecule has 0 saturated carbocycles. The molecular weight excluding hydrogens is 260 g/mol. The van der Waals surface area contributed by atoms with Gasteiger partial charge in [0.2, 0.25) is 0 Å². The molecular formula is C15H20O5. The number of carbonyl (C=O) groups excluding carboxylic acids is 1. The lowest BCUT2D eigenvalue weighted by atomic mass is 10.0. The number of hydrogen-bond acceptors (Lipinski definition) is 4. The Morgan fingerprint density at radius 3 is 2.35 bits per heavy atom. The second-order valence-electron chi connectivity index (χ2n) is 4.80. The highest BCUT2D eigenvalue weighted by molar-refractivity contribution is 5.89. The number of esters is 1. The molecule has 20 heavy (non-hydrogen) atoms. The van der Waals surface area contributed by atoms with Gasteiger partial charge >= 0.3 is 11.9 Å². The zero-order valence-corrected chi connectivity index (χ0v) is 12.0. The summed E-state index contributed by atoms with van der Waals surface area (Å²) in [6, 6.07) is 7.05. The number of ether oxygens (including phenoxy) is 2. The van der Waals surface area contributed by atoms with Crippen LogP contribution in [0.4, 0.5) is 0 Å². The Hall–Kier alpha value is -1.88. The summed E-state index contributed by atoms with van der Waals surface area (Å²) in [5.74, 6) is -1.87. The van der Waals surface area contributed by atoms with Crippen LogP contribution < -0.4 is 0 Å². The zero-order valence-electron chi connectivity index (χ0n) is 12.0. The van der Waals surface area contributed by atoms with E-state index in [9.17, 15) is 9.59 Å². The minimum atomic E-state index is -0.892. The Balaban J connectivity index is 2.49. The van der Waals surface area contributed by atoms with Gasteiger partial charge in [0.1, 0.15) is 6.61 Å². The molecule has 0 heterocycles. The molecule has 2 atom stereocenters. The first-order valence-corrected chi connectivity index (χ1v) is 6.43. The molecule has 0 saturated heterocycles. The number of benzene rings is 1. The SMILES string of the molecule is COC(COC(=O)c1ccc(C)cc1)C[C@H](C)C(=O)O. The fourth-order valence-electron chi connectivity index (χ4n) is 1.67. The van der Waals surface area contributed by atoms with E-state index in [4.69, 9.17) is 14.6 Å². The third kappa shape index (κ3) is 5.01. The molecule has 1 unspecified atom stereocenters. The molecule has 1 rings (SSSR count). The number of carboxylic acid groups (broad SMARTS) is 1. The van der Waals surface area contributed by atoms with E-state index in [1.165, 1.54) is 7.11 Å². The van der Waals surface area contributed by atoms with Gasteiger partial charge in [0.05, 0.1) is 17.6 Å². The molecule has 0 aliphatic rings. The molecule has 5 nitrogen and oxygen atoms in total. The third-order valence-corrected chi connectivity index (χ3v) is 3.06. The van der Waals surface area contributed by atoms with Crippen molar-refractivity contribution in [3.05, 3.63) is 35.4 Å². The largest absolute Gasteiger partial charge is 0.481 e. The van der Waals surface area contributed by atoms with Gasteiger partial charge in [0.25, 0.3) is 0 Å². The van der Waals surface area contributed by atoms with Crippen LogP contribution in [0.2, 0.25) is 0 Å². The summed E-state index contributed by atoms with van der Waals surface area (Å²) in [5.41, 5.74) is 1.53. The molecule has 0 bridgehead atoms. The molecule has 1 aromatic carbocycles. The fourth-order valence-corrected chi connectivity index (χ4v) is 1.67. The molecule has 110 valence electrons. The van der Waals surface area contributed by atoms with Gasteiger partial charge in [-0.3, -0.25) is 4.79 Å². The van der Waals surface area contributed by atoms with Crippen LogP contribution in [0.5, 0.6) is 0 Å². The van der Waals surface area contributed by atoms with Crippen molar-refractivity contribution in [2.75, 3.05) is 13.7 Å². The summed E-state index contributed by atoms with van der Waals surface area (Å²) in [7, 11) is 1.47. The first-order chi connectivity index (χ1) is 9.43. The standard InChI is InChI=1S/C15H20O5/c1-10-4-6-12(7-5-10)15(18)20-9-13(19-3)8-11(2)14(16)17/h4-7,11,13H,8-9H2,1-3H3,(H,16,17)/t11-,13?/m0/s1. The summed E-state index contributed by atoms with van der Waals surface area (Å²) < 4.78 is 10.3. The summed E-state index contributed by atoms with van der Waals surface area (Å²) in [6.07, 6.45) is -0.122. The van der Waals surface area contributed by atoms with E-state index in [0.717, 1.165) is 5.56 Å². The molecule has 0 spiro atoms. The van der Waals surface area contributed by atoms with E-state index in [0.29, 0.717) is 12.0 Å². The van der Waals surface area contributed by atoms with E-state index in [1.54, 1.807) is 19.1 Å². The van der Waals surface area contributed by atoms with Crippen LogP contribution in [-0.2, 0) is 14.3 Å². The maximum atomic E-state index is 11.8. The molecule has 0 amide bonds. The monoisotopic (exact) mass is 280 g/mol. The minimum absolute atomic E-state index is 0.0425. The highest BCUT2D eigenvalue weighted by Crippen LogP contribution is 2.11. The van der Waals surface area contributed by atoms with Gasteiger partial charge < -0.3 is 14.6 Å². The van der Waals surface area contributed by atoms with Crippen LogP contribution >= 0.6 is 0 Å². The molecule has 1 aromatic rings. The molecule has 0 aliphatic heterocycles. The lowest BCUT2D eigenvalue weighted by Crippen LogP contribution is -2.26. The van der Waals surface area contributed by atoms with Crippen molar-refractivity contribution in [2.45, 2.75) is 26.4 Å². The van der Waals surface area contributed by atoms with E-state index in [2.05, 4.69) is 0 Å². The van der Waals surface area contributed by atoms with Gasteiger partial charge in [-0.1, -0.05) is 24.6 Å². The molecule has 0 aromatic heterocycles. The van der Waals surface area contributed by atoms with Gasteiger partial charge in [-0.05, 0) is 25.5 Å². The molecule has 0 fully saturated rings. The third-order valence-electron chi connectivity index (χ3n) is 3.06. The number of carbonyl (C=O) groups is 2. The smallest absolute Gasteiger partial charge is 0.338 e. The van der Waals surface area contributed by atoms with Gasteiger partial charge in [-0.25, -0.2) is 4.79 Å². The van der Waals surface area contributed by atoms with Gasteiger partial charge in [-0.15, -0.1) is 0 Å². The number of carboxylic acids is 1. The average molecular weight is 280 g/mol. The lowest BCUT2D eigenvalue weighted by Gasteiger charge is -2.17. The average Bonchev–Trinajstić information content (AvgIpc) is 2.43. The summed E-state index contributed by atoms with van der Waals surface area (Å²) in [5, 5.41) is 8.84. The Morgan fingerprint density at radius 1 is 1.25 bits per heavy atom. The second kappa shape index (κ2) is 7.65. The summed E-state index contributed by atoms with van der Waals surface area (Å²) in [4.78, 5) is 22.6. The van der Waals surface area contributed by atoms with Crippen LogP contribution in [0.25, 0.3) is 0 Å². The quantitative estimate of drug-likeness (QED) is 0.776. The molecule has 0 radical (unpaired) electrons. The maximum Gasteiger partial charge on any atom is 0.338 e. The zero-order chi connectivity index (χ0) is 15.1. The highest BCUT2D eigenvalue weighted by Gasteiger charge is 2.19. The number of hydrogen-bond donors (Lipinski definition) is 1. The van der Waals surface area contributed by atoms with Crippen molar-refractivity contribution in [1.29, 1.82) is 0 Å². The number of rotatable bonds is 7. The van der Waals surface area contributed by atoms with E-state index in [1.807, 2.05) is 19.1 Å². The number of methoxy groups -OCH3 is 1. The number of aryl methyl sites for hydroxylation is 1. The molecule has 1 N–H and O–H groups in total. The van der Waals surface area contributed by atoms with Crippen LogP contribution in [0.15, 0.2) is 24.3 Å². The van der Waals surface area contributed by atoms with E-state index >= 15 is 0 Å². The lowest BCUT2D eigenvalue weighted by molar-refractivity contribution is -0.142. The maximum absolute atomic E-state index is 11.8.